The lowest BCUT2D eigenvalue weighted by atomic mass is 10.1. The lowest BCUT2D eigenvalue weighted by Crippen LogP contribution is -2.38. The molecule has 0 spiro atoms. The molecular formula is C22H31ClIN5O. The molecule has 0 bridgehead atoms. The summed E-state index contributed by atoms with van der Waals surface area (Å²) in [6, 6.07) is 15.4. The first-order valence-corrected chi connectivity index (χ1v) is 9.95. The summed E-state index contributed by atoms with van der Waals surface area (Å²) in [6.07, 6.45) is 0. The SMILES string of the molecule is CN=C(NCc1cccc(C(=O)NCCN(C)C)c1)N(C)Cc1ccccc1Cl.I. The van der Waals surface area contributed by atoms with Crippen LogP contribution >= 0.6 is 35.6 Å². The molecule has 0 fully saturated rings. The van der Waals surface area contributed by atoms with E-state index in [1.807, 2.05) is 79.5 Å². The van der Waals surface area contributed by atoms with Gasteiger partial charge in [0.2, 0.25) is 0 Å². The van der Waals surface area contributed by atoms with Crippen LogP contribution in [0, 0.1) is 0 Å². The van der Waals surface area contributed by atoms with Gasteiger partial charge in [-0.3, -0.25) is 9.79 Å². The van der Waals surface area contributed by atoms with Crippen molar-refractivity contribution in [3.8, 4) is 0 Å². The molecule has 0 heterocycles. The number of halogens is 2. The second kappa shape index (κ2) is 13.5. The highest BCUT2D eigenvalue weighted by Gasteiger charge is 2.10. The summed E-state index contributed by atoms with van der Waals surface area (Å²) in [5.74, 6) is 0.694. The van der Waals surface area contributed by atoms with Crippen LogP contribution in [0.4, 0.5) is 0 Å². The molecule has 1 amide bonds. The molecule has 2 aromatic rings. The van der Waals surface area contributed by atoms with Crippen LogP contribution in [0.25, 0.3) is 0 Å². The predicted octanol–water partition coefficient (Wildman–Crippen LogP) is 3.46. The number of benzene rings is 2. The number of nitrogens with zero attached hydrogens (tertiary/aromatic N) is 3. The maximum atomic E-state index is 12.3. The maximum absolute atomic E-state index is 12.3. The number of hydrogen-bond donors (Lipinski definition) is 2. The third-order valence-electron chi connectivity index (χ3n) is 4.42. The van der Waals surface area contributed by atoms with Crippen molar-refractivity contribution in [3.05, 3.63) is 70.2 Å². The average Bonchev–Trinajstić information content (AvgIpc) is 2.70. The molecule has 0 aliphatic rings. The van der Waals surface area contributed by atoms with Crippen LogP contribution in [0.2, 0.25) is 5.02 Å². The molecule has 0 aliphatic heterocycles. The maximum Gasteiger partial charge on any atom is 0.251 e. The van der Waals surface area contributed by atoms with Crippen molar-refractivity contribution in [2.75, 3.05) is 41.3 Å². The molecule has 164 valence electrons. The van der Waals surface area contributed by atoms with Gasteiger partial charge in [-0.05, 0) is 43.4 Å². The topological polar surface area (TPSA) is 60.0 Å². The molecule has 0 aromatic heterocycles. The lowest BCUT2D eigenvalue weighted by Gasteiger charge is -2.22. The number of amides is 1. The van der Waals surface area contributed by atoms with Crippen LogP contribution in [0.5, 0.6) is 0 Å². The van der Waals surface area contributed by atoms with Crippen LogP contribution in [0.3, 0.4) is 0 Å². The second-order valence-electron chi connectivity index (χ2n) is 7.11. The van der Waals surface area contributed by atoms with E-state index >= 15 is 0 Å². The quantitative estimate of drug-likeness (QED) is 0.304. The van der Waals surface area contributed by atoms with Gasteiger partial charge in [0.15, 0.2) is 5.96 Å². The van der Waals surface area contributed by atoms with E-state index in [0.29, 0.717) is 25.2 Å². The Morgan fingerprint density at radius 1 is 1.07 bits per heavy atom. The molecule has 30 heavy (non-hydrogen) atoms. The smallest absolute Gasteiger partial charge is 0.251 e. The van der Waals surface area contributed by atoms with Crippen molar-refractivity contribution >= 4 is 47.4 Å². The summed E-state index contributed by atoms with van der Waals surface area (Å²) < 4.78 is 0. The number of likely N-dealkylation sites (N-methyl/N-ethyl adjacent to an activating group) is 1. The molecule has 2 aromatic carbocycles. The number of rotatable bonds is 8. The highest BCUT2D eigenvalue weighted by Crippen LogP contribution is 2.16. The Bertz CT molecular complexity index is 844. The fourth-order valence-electron chi connectivity index (χ4n) is 2.84. The van der Waals surface area contributed by atoms with Crippen LogP contribution in [-0.4, -0.2) is 62.9 Å². The third-order valence-corrected chi connectivity index (χ3v) is 4.79. The number of carbonyl (C=O) groups excluding carboxylic acids is 1. The van der Waals surface area contributed by atoms with Gasteiger partial charge in [0.25, 0.3) is 5.91 Å². The monoisotopic (exact) mass is 543 g/mol. The number of nitrogens with one attached hydrogen (secondary N) is 2. The molecule has 2 rings (SSSR count). The molecule has 0 aliphatic carbocycles. The van der Waals surface area contributed by atoms with Crippen molar-refractivity contribution in [3.63, 3.8) is 0 Å². The van der Waals surface area contributed by atoms with Crippen molar-refractivity contribution in [2.24, 2.45) is 4.99 Å². The van der Waals surface area contributed by atoms with Crippen LogP contribution in [0.1, 0.15) is 21.5 Å². The van der Waals surface area contributed by atoms with E-state index in [9.17, 15) is 4.79 Å². The Morgan fingerprint density at radius 3 is 2.47 bits per heavy atom. The van der Waals surface area contributed by atoms with E-state index in [1.165, 1.54) is 0 Å². The molecule has 0 atom stereocenters. The number of hydrogen-bond acceptors (Lipinski definition) is 3. The second-order valence-corrected chi connectivity index (χ2v) is 7.51. The fraction of sp³-hybridized carbons (Fsp3) is 0.364. The van der Waals surface area contributed by atoms with Gasteiger partial charge < -0.3 is 20.4 Å². The molecular weight excluding hydrogens is 513 g/mol. The van der Waals surface area contributed by atoms with E-state index < -0.39 is 0 Å². The molecule has 0 radical (unpaired) electrons. The van der Waals surface area contributed by atoms with E-state index in [4.69, 9.17) is 11.6 Å². The van der Waals surface area contributed by atoms with Gasteiger partial charge in [-0.1, -0.05) is 41.9 Å². The molecule has 8 heteroatoms. The zero-order chi connectivity index (χ0) is 21.2. The van der Waals surface area contributed by atoms with Gasteiger partial charge in [0.05, 0.1) is 0 Å². The first kappa shape index (κ1) is 26.2. The summed E-state index contributed by atoms with van der Waals surface area (Å²) in [6.45, 7) is 2.64. The molecule has 0 saturated heterocycles. The normalized spacial score (nSPS) is 11.1. The Labute approximate surface area is 201 Å². The molecule has 0 saturated carbocycles. The highest BCUT2D eigenvalue weighted by atomic mass is 127. The standard InChI is InChI=1S/C22H30ClN5O.HI/c1-24-22(28(4)16-19-9-5-6-11-20(19)23)26-15-17-8-7-10-18(14-17)21(29)25-12-13-27(2)3;/h5-11,14H,12-13,15-16H2,1-4H3,(H,24,26)(H,25,29);1H. The molecule has 0 unspecified atom stereocenters. The van der Waals surface area contributed by atoms with E-state index in [2.05, 4.69) is 15.6 Å². The first-order valence-electron chi connectivity index (χ1n) is 9.57. The minimum Gasteiger partial charge on any atom is -0.352 e. The Balaban J connectivity index is 0.00000450. The van der Waals surface area contributed by atoms with Crippen LogP contribution < -0.4 is 10.6 Å². The number of aliphatic imine (C=N–C) groups is 1. The minimum atomic E-state index is -0.0612. The minimum absolute atomic E-state index is 0. The number of guanidine groups is 1. The summed E-state index contributed by atoms with van der Waals surface area (Å²) in [4.78, 5) is 20.7. The Morgan fingerprint density at radius 2 is 1.80 bits per heavy atom. The zero-order valence-electron chi connectivity index (χ0n) is 18.0. The van der Waals surface area contributed by atoms with E-state index in [1.54, 1.807) is 7.05 Å². The van der Waals surface area contributed by atoms with Gasteiger partial charge in [-0.15, -0.1) is 24.0 Å². The molecule has 2 N–H and O–H groups in total. The van der Waals surface area contributed by atoms with Gasteiger partial charge in [-0.25, -0.2) is 0 Å². The Hall–Kier alpha value is -1.84. The van der Waals surface area contributed by atoms with Crippen molar-refractivity contribution in [1.29, 1.82) is 0 Å². The van der Waals surface area contributed by atoms with Gasteiger partial charge >= 0.3 is 0 Å². The molecule has 6 nitrogen and oxygen atoms in total. The summed E-state index contributed by atoms with van der Waals surface area (Å²) in [7, 11) is 7.68. The fourth-order valence-corrected chi connectivity index (χ4v) is 3.04. The third kappa shape index (κ3) is 8.49. The summed E-state index contributed by atoms with van der Waals surface area (Å²) in [5.41, 5.74) is 2.70. The van der Waals surface area contributed by atoms with Gasteiger partial charge in [0, 0.05) is 50.9 Å². The van der Waals surface area contributed by atoms with Crippen molar-refractivity contribution < 1.29 is 4.79 Å². The largest absolute Gasteiger partial charge is 0.352 e. The zero-order valence-corrected chi connectivity index (χ0v) is 21.1. The van der Waals surface area contributed by atoms with Crippen molar-refractivity contribution in [1.82, 2.24) is 20.4 Å². The van der Waals surface area contributed by atoms with Crippen molar-refractivity contribution in [2.45, 2.75) is 13.1 Å². The highest BCUT2D eigenvalue weighted by molar-refractivity contribution is 14.0. The number of carbonyl (C=O) groups is 1. The van der Waals surface area contributed by atoms with Gasteiger partial charge in [-0.2, -0.15) is 0 Å². The Kier molecular flexibility index (Phi) is 11.8. The lowest BCUT2D eigenvalue weighted by molar-refractivity contribution is 0.0951. The van der Waals surface area contributed by atoms with E-state index in [0.717, 1.165) is 28.7 Å². The van der Waals surface area contributed by atoms with Crippen LogP contribution in [-0.2, 0) is 13.1 Å². The summed E-state index contributed by atoms with van der Waals surface area (Å²) >= 11 is 6.26. The average molecular weight is 544 g/mol. The summed E-state index contributed by atoms with van der Waals surface area (Å²) in [5, 5.41) is 7.02. The van der Waals surface area contributed by atoms with E-state index in [-0.39, 0.29) is 29.9 Å². The predicted molar refractivity (Wildman–Crippen MR) is 136 cm³/mol. The first-order chi connectivity index (χ1) is 13.9. The van der Waals surface area contributed by atoms with Crippen LogP contribution in [0.15, 0.2) is 53.5 Å². The van der Waals surface area contributed by atoms with Gasteiger partial charge in [0.1, 0.15) is 0 Å².